The predicted octanol–water partition coefficient (Wildman–Crippen LogP) is 4.10. The molecule has 2 aromatic carbocycles. The Morgan fingerprint density at radius 3 is 2.28 bits per heavy atom. The molecule has 1 N–H and O–H groups in total. The molecule has 1 aromatic heterocycles. The summed E-state index contributed by atoms with van der Waals surface area (Å²) < 4.78 is 44.6. The Morgan fingerprint density at radius 2 is 1.66 bits per heavy atom. The number of amides is 1. The van der Waals surface area contributed by atoms with E-state index in [1.807, 2.05) is 6.92 Å². The fraction of sp³-hybridized carbons (Fsp3) is 0.174. The van der Waals surface area contributed by atoms with Gasteiger partial charge in [-0.15, -0.1) is 0 Å². The number of hydrogen-bond donors (Lipinski definition) is 1. The molecule has 166 valence electrons. The van der Waals surface area contributed by atoms with E-state index in [2.05, 4.69) is 5.32 Å². The second kappa shape index (κ2) is 9.51. The molecule has 9 heteroatoms. The van der Waals surface area contributed by atoms with Crippen LogP contribution in [0.5, 0.6) is 0 Å². The molecule has 0 aliphatic rings. The third-order valence-corrected chi connectivity index (χ3v) is 4.52. The summed E-state index contributed by atoms with van der Waals surface area (Å²) in [5.74, 6) is -1.69. The zero-order chi connectivity index (χ0) is 23.3. The summed E-state index contributed by atoms with van der Waals surface area (Å²) in [6.07, 6.45) is -5.51. The molecule has 1 unspecified atom stereocenters. The summed E-state index contributed by atoms with van der Waals surface area (Å²) in [6, 6.07) is 16.4. The highest BCUT2D eigenvalue weighted by molar-refractivity contribution is 5.96. The molecular weight excluding hydrogens is 425 g/mol. The van der Waals surface area contributed by atoms with Crippen molar-refractivity contribution in [2.24, 2.45) is 0 Å². The Hall–Kier alpha value is -3.88. The Kier molecular flexibility index (Phi) is 6.77. The van der Waals surface area contributed by atoms with Gasteiger partial charge in [0.25, 0.3) is 11.5 Å². The molecule has 3 aromatic rings. The number of hydrogen-bond acceptors (Lipinski definition) is 4. The molecule has 0 radical (unpaired) electrons. The number of halogens is 3. The highest BCUT2D eigenvalue weighted by Crippen LogP contribution is 2.28. The van der Waals surface area contributed by atoms with Gasteiger partial charge in [0, 0.05) is 23.5 Å². The van der Waals surface area contributed by atoms with E-state index in [0.717, 1.165) is 11.6 Å². The first kappa shape index (κ1) is 22.8. The fourth-order valence-electron chi connectivity index (χ4n) is 2.88. The minimum atomic E-state index is -4.68. The molecule has 32 heavy (non-hydrogen) atoms. The number of nitrogens with zero attached hydrogens (tertiary/aromatic N) is 1. The average Bonchev–Trinajstić information content (AvgIpc) is 2.75. The topological polar surface area (TPSA) is 77.4 Å². The molecule has 1 atom stereocenters. The second-order valence-electron chi connectivity index (χ2n) is 7.02. The first-order valence-corrected chi connectivity index (χ1v) is 9.53. The first-order chi connectivity index (χ1) is 15.1. The van der Waals surface area contributed by atoms with Crippen LogP contribution in [0.2, 0.25) is 0 Å². The van der Waals surface area contributed by atoms with E-state index in [9.17, 15) is 27.6 Å². The van der Waals surface area contributed by atoms with Crippen LogP contribution in [0, 0.1) is 6.92 Å². The summed E-state index contributed by atoms with van der Waals surface area (Å²) in [6.45, 7) is 1.10. The molecule has 0 saturated heterocycles. The Balaban J connectivity index is 1.81. The molecule has 0 spiro atoms. The van der Waals surface area contributed by atoms with Crippen molar-refractivity contribution in [2.75, 3.05) is 5.32 Å². The number of rotatable bonds is 6. The zero-order valence-corrected chi connectivity index (χ0v) is 16.9. The van der Waals surface area contributed by atoms with Gasteiger partial charge in [0.05, 0.1) is 5.56 Å². The van der Waals surface area contributed by atoms with Gasteiger partial charge in [-0.25, -0.2) is 0 Å². The van der Waals surface area contributed by atoms with E-state index < -0.39 is 41.8 Å². The molecule has 0 aliphatic carbocycles. The maximum Gasteiger partial charge on any atom is 0.417 e. The van der Waals surface area contributed by atoms with Gasteiger partial charge in [-0.1, -0.05) is 48.0 Å². The van der Waals surface area contributed by atoms with Crippen LogP contribution < -0.4 is 10.9 Å². The van der Waals surface area contributed by atoms with Crippen LogP contribution in [-0.4, -0.2) is 16.4 Å². The Morgan fingerprint density at radius 1 is 1.00 bits per heavy atom. The molecule has 1 amide bonds. The number of nitrogens with one attached hydrogen (secondary N) is 1. The molecule has 6 nitrogen and oxygen atoms in total. The summed E-state index contributed by atoms with van der Waals surface area (Å²) in [5.41, 5.74) is -0.0639. The first-order valence-electron chi connectivity index (χ1n) is 9.53. The van der Waals surface area contributed by atoms with Crippen LogP contribution in [0.1, 0.15) is 22.8 Å². The SMILES string of the molecule is Cc1ccc(NC(=O)C(OC(=O)Cn2cc(C(F)(F)F)ccc2=O)c2ccccc2)cc1. The van der Waals surface area contributed by atoms with Crippen LogP contribution >= 0.6 is 0 Å². The lowest BCUT2D eigenvalue weighted by atomic mass is 10.1. The minimum Gasteiger partial charge on any atom is -0.446 e. The minimum absolute atomic E-state index is 0.363. The summed E-state index contributed by atoms with van der Waals surface area (Å²) in [4.78, 5) is 37.2. The van der Waals surface area contributed by atoms with Crippen molar-refractivity contribution in [3.63, 3.8) is 0 Å². The smallest absolute Gasteiger partial charge is 0.417 e. The Bertz CT molecular complexity index is 1160. The number of esters is 1. The van der Waals surface area contributed by atoms with Crippen LogP contribution in [0.3, 0.4) is 0 Å². The van der Waals surface area contributed by atoms with Crippen molar-refractivity contribution in [2.45, 2.75) is 25.7 Å². The number of carbonyl (C=O) groups excluding carboxylic acids is 2. The van der Waals surface area contributed by atoms with Crippen molar-refractivity contribution < 1.29 is 27.5 Å². The average molecular weight is 444 g/mol. The summed E-state index contributed by atoms with van der Waals surface area (Å²) >= 11 is 0. The van der Waals surface area contributed by atoms with E-state index in [-0.39, 0.29) is 0 Å². The van der Waals surface area contributed by atoms with E-state index in [1.54, 1.807) is 54.6 Å². The quantitative estimate of drug-likeness (QED) is 0.581. The van der Waals surface area contributed by atoms with Crippen LogP contribution in [-0.2, 0) is 27.0 Å². The zero-order valence-electron chi connectivity index (χ0n) is 16.9. The van der Waals surface area contributed by atoms with Gasteiger partial charge >= 0.3 is 12.1 Å². The highest BCUT2D eigenvalue weighted by Gasteiger charge is 2.31. The van der Waals surface area contributed by atoms with Gasteiger partial charge in [0.1, 0.15) is 6.54 Å². The molecule has 1 heterocycles. The van der Waals surface area contributed by atoms with Crippen molar-refractivity contribution in [1.82, 2.24) is 4.57 Å². The van der Waals surface area contributed by atoms with Crippen molar-refractivity contribution in [1.29, 1.82) is 0 Å². The van der Waals surface area contributed by atoms with Crippen LogP contribution in [0.25, 0.3) is 0 Å². The summed E-state index contributed by atoms with van der Waals surface area (Å²) in [5, 5.41) is 2.64. The van der Waals surface area contributed by atoms with Gasteiger partial charge in [-0.2, -0.15) is 13.2 Å². The van der Waals surface area contributed by atoms with Gasteiger partial charge in [-0.3, -0.25) is 14.4 Å². The second-order valence-corrected chi connectivity index (χ2v) is 7.02. The van der Waals surface area contributed by atoms with Gasteiger partial charge in [0.15, 0.2) is 0 Å². The number of alkyl halides is 3. The highest BCUT2D eigenvalue weighted by atomic mass is 19.4. The van der Waals surface area contributed by atoms with E-state index >= 15 is 0 Å². The number of anilines is 1. The molecule has 0 bridgehead atoms. The predicted molar refractivity (Wildman–Crippen MR) is 111 cm³/mol. The third-order valence-electron chi connectivity index (χ3n) is 4.52. The molecular formula is C23H19F3N2O4. The van der Waals surface area contributed by atoms with Crippen molar-refractivity contribution in [3.05, 3.63) is 100.0 Å². The monoisotopic (exact) mass is 444 g/mol. The number of ether oxygens (including phenoxy) is 1. The maximum atomic E-state index is 12.9. The Labute approximate surface area is 181 Å². The third kappa shape index (κ3) is 5.84. The normalized spacial score (nSPS) is 12.1. The summed E-state index contributed by atoms with van der Waals surface area (Å²) in [7, 11) is 0. The van der Waals surface area contributed by atoms with E-state index in [1.165, 1.54) is 0 Å². The van der Waals surface area contributed by atoms with Gasteiger partial charge < -0.3 is 14.6 Å². The maximum absolute atomic E-state index is 12.9. The largest absolute Gasteiger partial charge is 0.446 e. The number of pyridine rings is 1. The lowest BCUT2D eigenvalue weighted by molar-refractivity contribution is -0.155. The van der Waals surface area contributed by atoms with Crippen LogP contribution in [0.15, 0.2) is 77.7 Å². The van der Waals surface area contributed by atoms with E-state index in [0.29, 0.717) is 28.1 Å². The van der Waals surface area contributed by atoms with E-state index in [4.69, 9.17) is 4.74 Å². The fourth-order valence-corrected chi connectivity index (χ4v) is 2.88. The van der Waals surface area contributed by atoms with Gasteiger partial charge in [0.2, 0.25) is 6.10 Å². The molecule has 0 aliphatic heterocycles. The lowest BCUT2D eigenvalue weighted by Crippen LogP contribution is -2.30. The molecule has 0 fully saturated rings. The number of aryl methyl sites for hydroxylation is 1. The van der Waals surface area contributed by atoms with Crippen molar-refractivity contribution >= 4 is 17.6 Å². The number of carbonyl (C=O) groups is 2. The number of benzene rings is 2. The van der Waals surface area contributed by atoms with Crippen LogP contribution in [0.4, 0.5) is 18.9 Å². The molecule has 3 rings (SSSR count). The standard InChI is InChI=1S/C23H19F3N2O4/c1-15-7-10-18(11-8-15)27-22(31)21(16-5-3-2-4-6-16)32-20(30)14-28-13-17(23(24,25)26)9-12-19(28)29/h2-13,21H,14H2,1H3,(H,27,31). The molecule has 0 saturated carbocycles. The van der Waals surface area contributed by atoms with Gasteiger partial charge in [-0.05, 0) is 25.1 Å². The van der Waals surface area contributed by atoms with Crippen molar-refractivity contribution in [3.8, 4) is 0 Å². The lowest BCUT2D eigenvalue weighted by Gasteiger charge is -2.19. The number of aromatic nitrogens is 1.